The van der Waals surface area contributed by atoms with Crippen LogP contribution < -0.4 is 10.2 Å². The molecule has 32 heavy (non-hydrogen) atoms. The molecule has 0 radical (unpaired) electrons. The van der Waals surface area contributed by atoms with Gasteiger partial charge < -0.3 is 15.1 Å². The fourth-order valence-corrected chi connectivity index (χ4v) is 3.67. The van der Waals surface area contributed by atoms with Crippen molar-refractivity contribution in [2.24, 2.45) is 0 Å². The Labute approximate surface area is 189 Å². The van der Waals surface area contributed by atoms with Gasteiger partial charge in [-0.2, -0.15) is 0 Å². The van der Waals surface area contributed by atoms with E-state index in [1.807, 2.05) is 30.0 Å². The minimum atomic E-state index is -0.0311. The van der Waals surface area contributed by atoms with Crippen molar-refractivity contribution in [3.05, 3.63) is 59.1 Å². The first kappa shape index (κ1) is 22.0. The minimum absolute atomic E-state index is 0.00180. The van der Waals surface area contributed by atoms with Crippen LogP contribution in [-0.2, 0) is 4.79 Å². The van der Waals surface area contributed by atoms with Gasteiger partial charge >= 0.3 is 0 Å². The van der Waals surface area contributed by atoms with Gasteiger partial charge in [0.2, 0.25) is 5.91 Å². The largest absolute Gasteiger partial charge is 0.353 e. The maximum atomic E-state index is 12.6. The lowest BCUT2D eigenvalue weighted by Gasteiger charge is -2.35. The van der Waals surface area contributed by atoms with Crippen LogP contribution in [0.2, 0.25) is 0 Å². The van der Waals surface area contributed by atoms with Crippen LogP contribution in [0, 0.1) is 6.92 Å². The highest BCUT2D eigenvalue weighted by Crippen LogP contribution is 2.20. The van der Waals surface area contributed by atoms with Crippen LogP contribution in [0.4, 0.5) is 5.82 Å². The van der Waals surface area contributed by atoms with Crippen molar-refractivity contribution < 1.29 is 9.59 Å². The predicted molar refractivity (Wildman–Crippen MR) is 126 cm³/mol. The lowest BCUT2D eigenvalue weighted by molar-refractivity contribution is -0.126. The molecule has 2 aliphatic rings. The van der Waals surface area contributed by atoms with Gasteiger partial charge in [-0.05, 0) is 43.5 Å². The summed E-state index contributed by atoms with van der Waals surface area (Å²) < 4.78 is 0. The Balaban J connectivity index is 1.30. The first-order chi connectivity index (χ1) is 15.4. The van der Waals surface area contributed by atoms with Gasteiger partial charge in [0.25, 0.3) is 5.91 Å². The molecule has 7 nitrogen and oxygen atoms in total. The molecule has 4 rings (SSSR count). The second-order valence-electron chi connectivity index (χ2n) is 8.90. The molecule has 7 heteroatoms. The van der Waals surface area contributed by atoms with Crippen LogP contribution in [0.15, 0.2) is 36.4 Å². The Kier molecular flexibility index (Phi) is 6.53. The summed E-state index contributed by atoms with van der Waals surface area (Å²) in [6.07, 6.45) is 5.56. The molecule has 1 aliphatic carbocycles. The van der Waals surface area contributed by atoms with Gasteiger partial charge in [0.15, 0.2) is 0 Å². The average Bonchev–Trinajstić information content (AvgIpc) is 3.61. The molecule has 1 N–H and O–H groups in total. The SMILES string of the molecule is Cc1cc(N2CCN(C(=O)/C=C/c3ccc(C(=O)NC4CC4)cc3)CC2)nc(C(C)C)n1. The summed E-state index contributed by atoms with van der Waals surface area (Å²) in [7, 11) is 0. The summed E-state index contributed by atoms with van der Waals surface area (Å²) in [4.78, 5) is 38.0. The number of nitrogens with zero attached hydrogens (tertiary/aromatic N) is 4. The van der Waals surface area contributed by atoms with E-state index in [0.29, 0.717) is 24.7 Å². The minimum Gasteiger partial charge on any atom is -0.353 e. The standard InChI is InChI=1S/C25H31N5O2/c1-17(2)24-26-18(3)16-22(28-24)29-12-14-30(15-13-29)23(31)11-6-19-4-7-20(8-5-19)25(32)27-21-9-10-21/h4-8,11,16-17,21H,9-10,12-15H2,1-3H3,(H,27,32)/b11-6+. The maximum absolute atomic E-state index is 12.6. The summed E-state index contributed by atoms with van der Waals surface area (Å²) >= 11 is 0. The average molecular weight is 434 g/mol. The first-order valence-corrected chi connectivity index (χ1v) is 11.4. The van der Waals surface area contributed by atoms with E-state index < -0.39 is 0 Å². The van der Waals surface area contributed by atoms with E-state index in [1.165, 1.54) is 0 Å². The zero-order chi connectivity index (χ0) is 22.7. The number of benzene rings is 1. The van der Waals surface area contributed by atoms with Crippen molar-refractivity contribution in [1.29, 1.82) is 0 Å². The van der Waals surface area contributed by atoms with E-state index in [4.69, 9.17) is 4.98 Å². The molecule has 2 amide bonds. The number of hydrogen-bond donors (Lipinski definition) is 1. The van der Waals surface area contributed by atoms with Gasteiger partial charge in [0.05, 0.1) is 0 Å². The van der Waals surface area contributed by atoms with E-state index in [0.717, 1.165) is 48.8 Å². The van der Waals surface area contributed by atoms with Crippen LogP contribution >= 0.6 is 0 Å². The van der Waals surface area contributed by atoms with Crippen molar-refractivity contribution >= 4 is 23.7 Å². The molecule has 1 saturated heterocycles. The monoisotopic (exact) mass is 433 g/mol. The topological polar surface area (TPSA) is 78.4 Å². The fourth-order valence-electron chi connectivity index (χ4n) is 3.67. The van der Waals surface area contributed by atoms with Crippen molar-refractivity contribution in [3.8, 4) is 0 Å². The molecule has 0 unspecified atom stereocenters. The zero-order valence-electron chi connectivity index (χ0n) is 19.0. The van der Waals surface area contributed by atoms with E-state index in [1.54, 1.807) is 24.3 Å². The van der Waals surface area contributed by atoms with E-state index in [-0.39, 0.29) is 17.7 Å². The zero-order valence-corrected chi connectivity index (χ0v) is 19.0. The Bertz CT molecular complexity index is 1000. The van der Waals surface area contributed by atoms with Crippen molar-refractivity contribution in [3.63, 3.8) is 0 Å². The molecular formula is C25H31N5O2. The molecule has 0 spiro atoms. The lowest BCUT2D eigenvalue weighted by Crippen LogP contribution is -2.48. The van der Waals surface area contributed by atoms with Crippen LogP contribution in [0.5, 0.6) is 0 Å². The van der Waals surface area contributed by atoms with Crippen molar-refractivity contribution in [1.82, 2.24) is 20.2 Å². The Morgan fingerprint density at radius 2 is 1.75 bits per heavy atom. The number of hydrogen-bond acceptors (Lipinski definition) is 5. The number of aromatic nitrogens is 2. The van der Waals surface area contributed by atoms with Gasteiger partial charge in [0, 0.05) is 61.5 Å². The molecule has 2 heterocycles. The highest BCUT2D eigenvalue weighted by atomic mass is 16.2. The molecule has 1 aromatic heterocycles. The highest BCUT2D eigenvalue weighted by Gasteiger charge is 2.24. The molecule has 2 fully saturated rings. The number of rotatable bonds is 6. The number of aryl methyl sites for hydroxylation is 1. The third kappa shape index (κ3) is 5.52. The number of nitrogens with one attached hydrogen (secondary N) is 1. The third-order valence-electron chi connectivity index (χ3n) is 5.79. The van der Waals surface area contributed by atoms with Crippen molar-refractivity contribution in [2.45, 2.75) is 45.6 Å². The number of carbonyl (C=O) groups excluding carboxylic acids is 2. The summed E-state index contributed by atoms with van der Waals surface area (Å²) in [6, 6.07) is 9.69. The number of anilines is 1. The fraction of sp³-hybridized carbons (Fsp3) is 0.440. The highest BCUT2D eigenvalue weighted by molar-refractivity contribution is 5.95. The number of piperazine rings is 1. The third-order valence-corrected chi connectivity index (χ3v) is 5.79. The van der Waals surface area contributed by atoms with Gasteiger partial charge in [-0.1, -0.05) is 26.0 Å². The molecule has 0 atom stereocenters. The molecule has 168 valence electrons. The summed E-state index contributed by atoms with van der Waals surface area (Å²) in [5.74, 6) is 2.05. The Hall–Kier alpha value is -3.22. The molecule has 2 aromatic rings. The van der Waals surface area contributed by atoms with Gasteiger partial charge in [-0.25, -0.2) is 9.97 Å². The van der Waals surface area contributed by atoms with E-state index in [2.05, 4.69) is 29.0 Å². The molecule has 1 saturated carbocycles. The quantitative estimate of drug-likeness (QED) is 0.708. The summed E-state index contributed by atoms with van der Waals surface area (Å²) in [5, 5.41) is 2.98. The van der Waals surface area contributed by atoms with E-state index in [9.17, 15) is 9.59 Å². The van der Waals surface area contributed by atoms with Crippen LogP contribution in [0.3, 0.4) is 0 Å². The predicted octanol–water partition coefficient (Wildman–Crippen LogP) is 3.16. The normalized spacial score (nSPS) is 16.6. The Morgan fingerprint density at radius 3 is 2.38 bits per heavy atom. The van der Waals surface area contributed by atoms with Crippen molar-refractivity contribution in [2.75, 3.05) is 31.1 Å². The molecule has 1 aliphatic heterocycles. The lowest BCUT2D eigenvalue weighted by atomic mass is 10.1. The molecular weight excluding hydrogens is 402 g/mol. The maximum Gasteiger partial charge on any atom is 0.251 e. The molecule has 1 aromatic carbocycles. The second kappa shape index (κ2) is 9.51. The number of amides is 2. The summed E-state index contributed by atoms with van der Waals surface area (Å²) in [5.41, 5.74) is 2.52. The first-order valence-electron chi connectivity index (χ1n) is 11.4. The van der Waals surface area contributed by atoms with E-state index >= 15 is 0 Å². The van der Waals surface area contributed by atoms with Crippen LogP contribution in [0.25, 0.3) is 6.08 Å². The van der Waals surface area contributed by atoms with Crippen LogP contribution in [0.1, 0.15) is 60.0 Å². The summed E-state index contributed by atoms with van der Waals surface area (Å²) in [6.45, 7) is 8.99. The smallest absolute Gasteiger partial charge is 0.251 e. The second-order valence-corrected chi connectivity index (χ2v) is 8.90. The Morgan fingerprint density at radius 1 is 1.06 bits per heavy atom. The van der Waals surface area contributed by atoms with Crippen LogP contribution in [-0.4, -0.2) is 58.9 Å². The van der Waals surface area contributed by atoms with Gasteiger partial charge in [-0.3, -0.25) is 9.59 Å². The van der Waals surface area contributed by atoms with Gasteiger partial charge in [0.1, 0.15) is 11.6 Å². The number of carbonyl (C=O) groups is 2. The molecule has 0 bridgehead atoms. The van der Waals surface area contributed by atoms with Gasteiger partial charge in [-0.15, -0.1) is 0 Å².